The molecule has 1 aliphatic rings. The first kappa shape index (κ1) is 15.4. The molecule has 0 N–H and O–H groups in total. The molecule has 22 heavy (non-hydrogen) atoms. The van der Waals surface area contributed by atoms with Crippen molar-refractivity contribution >= 4 is 23.2 Å². The van der Waals surface area contributed by atoms with Gasteiger partial charge in [-0.15, -0.1) is 5.06 Å². The summed E-state index contributed by atoms with van der Waals surface area (Å²) in [6.45, 7) is 2.15. The molecule has 0 spiro atoms. The van der Waals surface area contributed by atoms with E-state index in [0.717, 1.165) is 12.0 Å². The van der Waals surface area contributed by atoms with Gasteiger partial charge in [0.05, 0.1) is 11.1 Å². The van der Waals surface area contributed by atoms with Crippen LogP contribution in [0.15, 0.2) is 65.9 Å². The second-order valence-electron chi connectivity index (χ2n) is 5.26. The smallest absolute Gasteiger partial charge is 0.128 e. The van der Waals surface area contributed by atoms with Crippen molar-refractivity contribution in [2.24, 2.45) is 0 Å². The van der Waals surface area contributed by atoms with Gasteiger partial charge in [0.2, 0.25) is 0 Å². The van der Waals surface area contributed by atoms with Gasteiger partial charge in [0, 0.05) is 5.02 Å². The van der Waals surface area contributed by atoms with Gasteiger partial charge >= 0.3 is 0 Å². The van der Waals surface area contributed by atoms with Crippen molar-refractivity contribution in [3.05, 3.63) is 82.0 Å². The molecule has 2 nitrogen and oxygen atoms in total. The molecule has 2 unspecified atom stereocenters. The van der Waals surface area contributed by atoms with Gasteiger partial charge in [0.1, 0.15) is 12.3 Å². The highest BCUT2D eigenvalue weighted by Crippen LogP contribution is 2.43. The summed E-state index contributed by atoms with van der Waals surface area (Å²) in [5.41, 5.74) is 2.28. The summed E-state index contributed by atoms with van der Waals surface area (Å²) in [5.74, 6) is 0. The molecule has 0 aliphatic carbocycles. The predicted octanol–water partition coefficient (Wildman–Crippen LogP) is 5.86. The minimum atomic E-state index is -0.107. The Morgan fingerprint density at radius 3 is 2.36 bits per heavy atom. The molecule has 0 saturated heterocycles. The minimum Gasteiger partial charge on any atom is -0.411 e. The quantitative estimate of drug-likeness (QED) is 0.694. The van der Waals surface area contributed by atoms with Crippen molar-refractivity contribution in [3.8, 4) is 0 Å². The zero-order valence-corrected chi connectivity index (χ0v) is 13.8. The lowest BCUT2D eigenvalue weighted by Crippen LogP contribution is -2.28. The molecule has 0 aromatic heterocycles. The second kappa shape index (κ2) is 6.74. The van der Waals surface area contributed by atoms with Crippen LogP contribution in [0.3, 0.4) is 0 Å². The fraction of sp³-hybridized carbons (Fsp3) is 0.222. The van der Waals surface area contributed by atoms with Crippen LogP contribution in [0.25, 0.3) is 0 Å². The number of hydrogen-bond acceptors (Lipinski definition) is 2. The Labute approximate surface area is 140 Å². The molecule has 1 heterocycles. The number of nitrogens with zero attached hydrogens (tertiary/aromatic N) is 1. The molecule has 2 aromatic rings. The maximum absolute atomic E-state index is 6.40. The molecule has 2 atom stereocenters. The van der Waals surface area contributed by atoms with Gasteiger partial charge in [0.15, 0.2) is 0 Å². The average molecular weight is 334 g/mol. The van der Waals surface area contributed by atoms with E-state index >= 15 is 0 Å². The summed E-state index contributed by atoms with van der Waals surface area (Å²) in [4.78, 5) is 5.78. The lowest BCUT2D eigenvalue weighted by atomic mass is 10.00. The third-order valence-electron chi connectivity index (χ3n) is 3.87. The van der Waals surface area contributed by atoms with Crippen LogP contribution in [0.1, 0.15) is 36.6 Å². The molecule has 4 heteroatoms. The number of hydrogen-bond donors (Lipinski definition) is 0. The largest absolute Gasteiger partial charge is 0.411 e. The van der Waals surface area contributed by atoms with Crippen LogP contribution >= 0.6 is 23.2 Å². The lowest BCUT2D eigenvalue weighted by molar-refractivity contribution is -0.142. The number of halogens is 2. The van der Waals surface area contributed by atoms with E-state index in [0.29, 0.717) is 10.1 Å². The summed E-state index contributed by atoms with van der Waals surface area (Å²) in [6.07, 6.45) is 2.54. The SMILES string of the molecule is CCC(c1ccccc1)N1OC=C(Cl)C1c1ccc(Cl)cc1. The highest BCUT2D eigenvalue weighted by Gasteiger charge is 2.35. The fourth-order valence-corrected chi connectivity index (χ4v) is 3.19. The molecule has 0 fully saturated rings. The molecule has 114 valence electrons. The molecule has 3 rings (SSSR count). The fourth-order valence-electron chi connectivity index (χ4n) is 2.80. The standard InChI is InChI=1S/C18H17Cl2NO/c1-2-17(13-6-4-3-5-7-13)21-18(16(20)12-22-21)14-8-10-15(19)11-9-14/h3-12,17-18H,2H2,1H3. The van der Waals surface area contributed by atoms with Crippen molar-refractivity contribution in [2.45, 2.75) is 25.4 Å². The Morgan fingerprint density at radius 2 is 1.73 bits per heavy atom. The normalized spacial score (nSPS) is 19.6. The van der Waals surface area contributed by atoms with Gasteiger partial charge < -0.3 is 4.84 Å². The monoisotopic (exact) mass is 333 g/mol. The predicted molar refractivity (Wildman–Crippen MR) is 90.5 cm³/mol. The van der Waals surface area contributed by atoms with E-state index in [-0.39, 0.29) is 12.1 Å². The molecule has 0 saturated carbocycles. The van der Waals surface area contributed by atoms with Gasteiger partial charge in [-0.1, -0.05) is 72.6 Å². The molecule has 2 aromatic carbocycles. The van der Waals surface area contributed by atoms with Crippen LogP contribution in [-0.2, 0) is 4.84 Å². The van der Waals surface area contributed by atoms with Crippen molar-refractivity contribution in [3.63, 3.8) is 0 Å². The molecule has 0 amide bonds. The van der Waals surface area contributed by atoms with Crippen molar-refractivity contribution in [2.75, 3.05) is 0 Å². The van der Waals surface area contributed by atoms with Crippen LogP contribution in [0.5, 0.6) is 0 Å². The number of rotatable bonds is 4. The van der Waals surface area contributed by atoms with Crippen molar-refractivity contribution in [1.29, 1.82) is 0 Å². The van der Waals surface area contributed by atoms with Crippen LogP contribution in [0.4, 0.5) is 0 Å². The van der Waals surface area contributed by atoms with E-state index in [2.05, 4.69) is 19.1 Å². The second-order valence-corrected chi connectivity index (χ2v) is 6.13. The summed E-state index contributed by atoms with van der Waals surface area (Å²) in [6, 6.07) is 18.1. The Morgan fingerprint density at radius 1 is 1.05 bits per heavy atom. The average Bonchev–Trinajstić information content (AvgIpc) is 2.92. The van der Waals surface area contributed by atoms with Crippen molar-refractivity contribution < 1.29 is 4.84 Å². The maximum atomic E-state index is 6.40. The maximum Gasteiger partial charge on any atom is 0.128 e. The number of hydroxylamine groups is 2. The topological polar surface area (TPSA) is 12.5 Å². The van der Waals surface area contributed by atoms with Gasteiger partial charge in [-0.2, -0.15) is 0 Å². The third kappa shape index (κ3) is 3.00. The summed E-state index contributed by atoms with van der Waals surface area (Å²) < 4.78 is 0. The first-order chi connectivity index (χ1) is 10.7. The van der Waals surface area contributed by atoms with E-state index in [1.54, 1.807) is 6.26 Å². The van der Waals surface area contributed by atoms with Crippen molar-refractivity contribution in [1.82, 2.24) is 5.06 Å². The Hall–Kier alpha value is -1.48. The molecule has 0 bridgehead atoms. The molecular formula is C18H17Cl2NO. The first-order valence-electron chi connectivity index (χ1n) is 7.31. The molecule has 0 radical (unpaired) electrons. The molecular weight excluding hydrogens is 317 g/mol. The van der Waals surface area contributed by atoms with E-state index in [4.69, 9.17) is 28.0 Å². The summed E-state index contributed by atoms with van der Waals surface area (Å²) in [7, 11) is 0. The van der Waals surface area contributed by atoms with E-state index in [1.807, 2.05) is 47.5 Å². The first-order valence-corrected chi connectivity index (χ1v) is 8.07. The minimum absolute atomic E-state index is 0.107. The van der Waals surface area contributed by atoms with Gasteiger partial charge in [0.25, 0.3) is 0 Å². The molecule has 1 aliphatic heterocycles. The zero-order chi connectivity index (χ0) is 15.5. The van der Waals surface area contributed by atoms with E-state index in [1.165, 1.54) is 5.56 Å². The van der Waals surface area contributed by atoms with Crippen LogP contribution < -0.4 is 0 Å². The summed E-state index contributed by atoms with van der Waals surface area (Å²) >= 11 is 12.4. The van der Waals surface area contributed by atoms with Gasteiger partial charge in [-0.05, 0) is 29.7 Å². The third-order valence-corrected chi connectivity index (χ3v) is 4.41. The van der Waals surface area contributed by atoms with Gasteiger partial charge in [-0.3, -0.25) is 0 Å². The van der Waals surface area contributed by atoms with Crippen LogP contribution in [0.2, 0.25) is 5.02 Å². The van der Waals surface area contributed by atoms with Gasteiger partial charge in [-0.25, -0.2) is 0 Å². The Balaban J connectivity index is 1.93. The zero-order valence-electron chi connectivity index (χ0n) is 12.2. The number of benzene rings is 2. The highest BCUT2D eigenvalue weighted by atomic mass is 35.5. The van der Waals surface area contributed by atoms with Crippen LogP contribution in [0, 0.1) is 0 Å². The lowest BCUT2D eigenvalue weighted by Gasteiger charge is -2.31. The highest BCUT2D eigenvalue weighted by molar-refractivity contribution is 6.31. The van der Waals surface area contributed by atoms with E-state index < -0.39 is 0 Å². The van der Waals surface area contributed by atoms with Crippen LogP contribution in [-0.4, -0.2) is 5.06 Å². The van der Waals surface area contributed by atoms with E-state index in [9.17, 15) is 0 Å². The Bertz CT molecular complexity index is 655. The summed E-state index contributed by atoms with van der Waals surface area (Å²) in [5, 5.41) is 3.35. The Kier molecular flexibility index (Phi) is 4.72.